The Balaban J connectivity index is 1.76. The Morgan fingerprint density at radius 1 is 1.08 bits per heavy atom. The quantitative estimate of drug-likeness (QED) is 0.426. The largest absolute Gasteiger partial charge is 0.382 e. The summed E-state index contributed by atoms with van der Waals surface area (Å²) in [7, 11) is 0. The van der Waals surface area contributed by atoms with Crippen LogP contribution < -0.4 is 5.32 Å². The molecule has 1 saturated carbocycles. The molecule has 1 aliphatic rings. The SMILES string of the molecule is CCOCCCCNCCC(C)CC1(c2ccc(Cl)cc2)CCCCC1. The predicted molar refractivity (Wildman–Crippen MR) is 113 cm³/mol. The number of nitrogens with one attached hydrogen (secondary N) is 1. The molecular formula is C23H38ClNO. The number of benzene rings is 1. The van der Waals surface area contributed by atoms with Gasteiger partial charge in [-0.1, -0.05) is 49.9 Å². The van der Waals surface area contributed by atoms with E-state index in [1.165, 1.54) is 56.9 Å². The maximum Gasteiger partial charge on any atom is 0.0466 e. The summed E-state index contributed by atoms with van der Waals surface area (Å²) in [6.45, 7) is 8.47. The lowest BCUT2D eigenvalue weighted by Gasteiger charge is -2.40. The van der Waals surface area contributed by atoms with E-state index in [2.05, 4.69) is 43.4 Å². The standard InChI is InChI=1S/C23H38ClNO/c1-3-26-18-8-7-16-25-17-13-20(2)19-23(14-5-4-6-15-23)21-9-11-22(24)12-10-21/h9-12,20,25H,3-8,13-19H2,1-2H3. The Morgan fingerprint density at radius 3 is 2.50 bits per heavy atom. The second kappa shape index (κ2) is 12.0. The molecule has 0 aromatic heterocycles. The Hall–Kier alpha value is -0.570. The van der Waals surface area contributed by atoms with Crippen molar-refractivity contribution in [1.29, 1.82) is 0 Å². The molecule has 2 nitrogen and oxygen atoms in total. The monoisotopic (exact) mass is 379 g/mol. The summed E-state index contributed by atoms with van der Waals surface area (Å²) in [6, 6.07) is 8.69. The van der Waals surface area contributed by atoms with Crippen LogP contribution in [0.3, 0.4) is 0 Å². The van der Waals surface area contributed by atoms with Gasteiger partial charge in [0, 0.05) is 18.2 Å². The molecule has 1 atom stereocenters. The summed E-state index contributed by atoms with van der Waals surface area (Å²) in [5.41, 5.74) is 1.89. The van der Waals surface area contributed by atoms with Gasteiger partial charge in [0.25, 0.3) is 0 Å². The van der Waals surface area contributed by atoms with Gasteiger partial charge in [-0.15, -0.1) is 0 Å². The van der Waals surface area contributed by atoms with Crippen LogP contribution in [-0.4, -0.2) is 26.3 Å². The fraction of sp³-hybridized carbons (Fsp3) is 0.739. The molecule has 0 aliphatic heterocycles. The molecule has 0 bridgehead atoms. The first-order valence-electron chi connectivity index (χ1n) is 10.7. The van der Waals surface area contributed by atoms with Crippen LogP contribution in [0.2, 0.25) is 5.02 Å². The molecule has 2 rings (SSSR count). The number of unbranched alkanes of at least 4 members (excludes halogenated alkanes) is 1. The average molecular weight is 380 g/mol. The maximum atomic E-state index is 6.12. The van der Waals surface area contributed by atoms with Gasteiger partial charge in [-0.05, 0) is 87.6 Å². The number of ether oxygens (including phenoxy) is 1. The lowest BCUT2D eigenvalue weighted by Crippen LogP contribution is -2.32. The summed E-state index contributed by atoms with van der Waals surface area (Å²) in [6.07, 6.45) is 11.8. The van der Waals surface area contributed by atoms with Gasteiger partial charge in [-0.25, -0.2) is 0 Å². The third-order valence-electron chi connectivity index (χ3n) is 5.92. The summed E-state index contributed by atoms with van der Waals surface area (Å²) < 4.78 is 5.39. The van der Waals surface area contributed by atoms with Crippen LogP contribution in [0.25, 0.3) is 0 Å². The molecule has 1 N–H and O–H groups in total. The number of hydrogen-bond acceptors (Lipinski definition) is 2. The topological polar surface area (TPSA) is 21.3 Å². The van der Waals surface area contributed by atoms with Crippen LogP contribution in [0.15, 0.2) is 24.3 Å². The van der Waals surface area contributed by atoms with Crippen molar-refractivity contribution >= 4 is 11.6 Å². The van der Waals surface area contributed by atoms with Crippen molar-refractivity contribution in [2.45, 2.75) is 77.0 Å². The molecule has 148 valence electrons. The van der Waals surface area contributed by atoms with Gasteiger partial charge in [0.05, 0.1) is 0 Å². The van der Waals surface area contributed by atoms with E-state index >= 15 is 0 Å². The van der Waals surface area contributed by atoms with E-state index in [4.69, 9.17) is 16.3 Å². The van der Waals surface area contributed by atoms with E-state index < -0.39 is 0 Å². The Kier molecular flexibility index (Phi) is 10.0. The molecule has 1 aromatic carbocycles. The van der Waals surface area contributed by atoms with Crippen molar-refractivity contribution in [1.82, 2.24) is 5.32 Å². The van der Waals surface area contributed by atoms with Crippen molar-refractivity contribution in [3.8, 4) is 0 Å². The second-order valence-electron chi connectivity index (χ2n) is 8.10. The molecule has 26 heavy (non-hydrogen) atoms. The normalized spacial score (nSPS) is 18.0. The van der Waals surface area contributed by atoms with Crippen molar-refractivity contribution in [3.63, 3.8) is 0 Å². The first kappa shape index (κ1) is 21.7. The van der Waals surface area contributed by atoms with Gasteiger partial charge in [0.1, 0.15) is 0 Å². The molecule has 0 saturated heterocycles. The minimum atomic E-state index is 0.375. The van der Waals surface area contributed by atoms with Gasteiger partial charge in [0.2, 0.25) is 0 Å². The van der Waals surface area contributed by atoms with E-state index in [0.29, 0.717) is 5.41 Å². The van der Waals surface area contributed by atoms with Crippen molar-refractivity contribution in [2.75, 3.05) is 26.3 Å². The minimum absolute atomic E-state index is 0.375. The summed E-state index contributed by atoms with van der Waals surface area (Å²) in [5, 5.41) is 4.47. The smallest absolute Gasteiger partial charge is 0.0466 e. The zero-order valence-corrected chi connectivity index (χ0v) is 17.6. The Morgan fingerprint density at radius 2 is 1.81 bits per heavy atom. The van der Waals surface area contributed by atoms with Gasteiger partial charge in [0.15, 0.2) is 0 Å². The van der Waals surface area contributed by atoms with Crippen molar-refractivity contribution in [2.24, 2.45) is 5.92 Å². The summed E-state index contributed by atoms with van der Waals surface area (Å²) in [5.74, 6) is 0.750. The van der Waals surface area contributed by atoms with E-state index in [1.54, 1.807) is 0 Å². The molecule has 0 spiro atoms. The zero-order chi connectivity index (χ0) is 18.7. The molecule has 1 fully saturated rings. The summed E-state index contributed by atoms with van der Waals surface area (Å²) in [4.78, 5) is 0. The second-order valence-corrected chi connectivity index (χ2v) is 8.54. The highest BCUT2D eigenvalue weighted by molar-refractivity contribution is 6.30. The fourth-order valence-corrected chi connectivity index (χ4v) is 4.61. The number of halogens is 1. The van der Waals surface area contributed by atoms with Crippen LogP contribution in [-0.2, 0) is 10.2 Å². The molecular weight excluding hydrogens is 342 g/mol. The first-order valence-corrected chi connectivity index (χ1v) is 11.1. The average Bonchev–Trinajstić information content (AvgIpc) is 2.65. The van der Waals surface area contributed by atoms with E-state index in [0.717, 1.165) is 43.7 Å². The van der Waals surface area contributed by atoms with Crippen LogP contribution in [0.5, 0.6) is 0 Å². The highest BCUT2D eigenvalue weighted by atomic mass is 35.5. The van der Waals surface area contributed by atoms with Gasteiger partial charge < -0.3 is 10.1 Å². The van der Waals surface area contributed by atoms with Crippen LogP contribution >= 0.6 is 11.6 Å². The molecule has 1 aliphatic carbocycles. The number of hydrogen-bond donors (Lipinski definition) is 1. The van der Waals surface area contributed by atoms with Crippen LogP contribution in [0, 0.1) is 5.92 Å². The lowest BCUT2D eigenvalue weighted by molar-refractivity contribution is 0.143. The maximum absolute atomic E-state index is 6.12. The molecule has 1 unspecified atom stereocenters. The zero-order valence-electron chi connectivity index (χ0n) is 16.9. The molecule has 0 heterocycles. The van der Waals surface area contributed by atoms with Crippen LogP contribution in [0.4, 0.5) is 0 Å². The van der Waals surface area contributed by atoms with Gasteiger partial charge in [-0.2, -0.15) is 0 Å². The van der Waals surface area contributed by atoms with Gasteiger partial charge in [-0.3, -0.25) is 0 Å². The summed E-state index contributed by atoms with van der Waals surface area (Å²) >= 11 is 6.12. The number of rotatable bonds is 12. The Bertz CT molecular complexity index is 481. The third kappa shape index (κ3) is 7.21. The first-order chi connectivity index (χ1) is 12.7. The lowest BCUT2D eigenvalue weighted by atomic mass is 9.65. The molecule has 0 radical (unpaired) electrons. The Labute approximate surface area is 166 Å². The molecule has 0 amide bonds. The highest BCUT2D eigenvalue weighted by Gasteiger charge is 2.34. The third-order valence-corrected chi connectivity index (χ3v) is 6.17. The van der Waals surface area contributed by atoms with Gasteiger partial charge >= 0.3 is 0 Å². The van der Waals surface area contributed by atoms with Crippen LogP contribution in [0.1, 0.15) is 77.2 Å². The van der Waals surface area contributed by atoms with Crippen molar-refractivity contribution in [3.05, 3.63) is 34.9 Å². The van der Waals surface area contributed by atoms with E-state index in [1.807, 2.05) is 0 Å². The predicted octanol–water partition coefficient (Wildman–Crippen LogP) is 6.36. The van der Waals surface area contributed by atoms with E-state index in [-0.39, 0.29) is 0 Å². The van der Waals surface area contributed by atoms with Crippen molar-refractivity contribution < 1.29 is 4.74 Å². The fourth-order valence-electron chi connectivity index (χ4n) is 4.48. The molecule has 1 aromatic rings. The highest BCUT2D eigenvalue weighted by Crippen LogP contribution is 2.44. The molecule has 3 heteroatoms. The minimum Gasteiger partial charge on any atom is -0.382 e. The van der Waals surface area contributed by atoms with E-state index in [9.17, 15) is 0 Å².